The van der Waals surface area contributed by atoms with Gasteiger partial charge in [0, 0.05) is 37.6 Å². The molecule has 0 bridgehead atoms. The van der Waals surface area contributed by atoms with Crippen LogP contribution in [0.15, 0.2) is 36.7 Å². The quantitative estimate of drug-likeness (QED) is 0.897. The molecule has 26 heavy (non-hydrogen) atoms. The summed E-state index contributed by atoms with van der Waals surface area (Å²) in [5, 5.41) is 12.2. The van der Waals surface area contributed by atoms with Gasteiger partial charge in [0.15, 0.2) is 11.5 Å². The second-order valence-electron chi connectivity index (χ2n) is 6.53. The third kappa shape index (κ3) is 4.17. The average molecular weight is 349 g/mol. The fraction of sp³-hybridized carbons (Fsp3) is 0.400. The van der Waals surface area contributed by atoms with E-state index in [1.54, 1.807) is 6.20 Å². The maximum Gasteiger partial charge on any atom is 0.251 e. The van der Waals surface area contributed by atoms with Gasteiger partial charge >= 0.3 is 0 Å². The Hall–Kier alpha value is -2.94. The molecule has 0 unspecified atom stereocenters. The van der Waals surface area contributed by atoms with Gasteiger partial charge in [-0.1, -0.05) is 19.1 Å². The van der Waals surface area contributed by atoms with Gasteiger partial charge in [-0.3, -0.25) is 4.79 Å². The van der Waals surface area contributed by atoms with Crippen LogP contribution >= 0.6 is 0 Å². The molecule has 0 spiro atoms. The first-order valence-corrected chi connectivity index (χ1v) is 9.04. The molecule has 2 aromatic rings. The molecule has 2 heterocycles. The Labute approximate surface area is 153 Å². The molecule has 1 amide bonds. The Morgan fingerprint density at radius 1 is 1.23 bits per heavy atom. The second-order valence-corrected chi connectivity index (χ2v) is 6.53. The van der Waals surface area contributed by atoms with E-state index in [4.69, 9.17) is 5.26 Å². The predicted octanol–water partition coefficient (Wildman–Crippen LogP) is 2.56. The number of benzene rings is 1. The van der Waals surface area contributed by atoms with Crippen LogP contribution in [0.5, 0.6) is 0 Å². The molecular weight excluding hydrogens is 326 g/mol. The van der Waals surface area contributed by atoms with Gasteiger partial charge in [-0.2, -0.15) is 5.26 Å². The van der Waals surface area contributed by atoms with Gasteiger partial charge in [-0.15, -0.1) is 0 Å². The average Bonchev–Trinajstić information content (AvgIpc) is 2.72. The van der Waals surface area contributed by atoms with Crippen molar-refractivity contribution in [1.82, 2.24) is 15.3 Å². The lowest BCUT2D eigenvalue weighted by Crippen LogP contribution is -2.39. The number of nitrogens with zero attached hydrogens (tertiary/aromatic N) is 4. The summed E-state index contributed by atoms with van der Waals surface area (Å²) in [6.45, 7) is 4.41. The zero-order valence-corrected chi connectivity index (χ0v) is 15.0. The van der Waals surface area contributed by atoms with Crippen LogP contribution in [0.4, 0.5) is 5.82 Å². The van der Waals surface area contributed by atoms with Crippen molar-refractivity contribution in [3.05, 3.63) is 53.5 Å². The molecule has 0 saturated carbocycles. The summed E-state index contributed by atoms with van der Waals surface area (Å²) in [5.74, 6) is 1.08. The Morgan fingerprint density at radius 2 is 1.92 bits per heavy atom. The smallest absolute Gasteiger partial charge is 0.251 e. The number of nitrogens with one attached hydrogen (secondary N) is 1. The van der Waals surface area contributed by atoms with Gasteiger partial charge in [0.2, 0.25) is 0 Å². The Balaban J connectivity index is 1.49. The molecule has 3 rings (SSSR count). The topological polar surface area (TPSA) is 81.9 Å². The van der Waals surface area contributed by atoms with Crippen molar-refractivity contribution in [2.45, 2.75) is 26.2 Å². The van der Waals surface area contributed by atoms with Crippen LogP contribution in [-0.4, -0.2) is 35.5 Å². The van der Waals surface area contributed by atoms with E-state index in [2.05, 4.69) is 33.2 Å². The number of rotatable bonds is 5. The monoisotopic (exact) mass is 349 g/mol. The molecule has 6 heteroatoms. The Morgan fingerprint density at radius 3 is 2.58 bits per heavy atom. The standard InChI is InChI=1S/C20H23N5O/c1-2-15-3-5-17(6-4-15)20(26)24-14-16-7-11-25(12-8-16)19-18(13-21)22-9-10-23-19/h3-6,9-10,16H,2,7-8,11-12,14H2,1H3,(H,24,26). The van der Waals surface area contributed by atoms with Crippen LogP contribution in [0, 0.1) is 17.2 Å². The summed E-state index contributed by atoms with van der Waals surface area (Å²) in [4.78, 5) is 22.8. The van der Waals surface area contributed by atoms with Crippen LogP contribution < -0.4 is 10.2 Å². The fourth-order valence-electron chi connectivity index (χ4n) is 3.22. The van der Waals surface area contributed by atoms with Crippen LogP contribution in [0.2, 0.25) is 0 Å². The number of anilines is 1. The minimum Gasteiger partial charge on any atom is -0.354 e. The number of aryl methyl sites for hydroxylation is 1. The fourth-order valence-corrected chi connectivity index (χ4v) is 3.22. The highest BCUT2D eigenvalue weighted by Crippen LogP contribution is 2.23. The maximum atomic E-state index is 12.3. The molecule has 0 atom stereocenters. The van der Waals surface area contributed by atoms with Gasteiger partial charge in [0.05, 0.1) is 0 Å². The summed E-state index contributed by atoms with van der Waals surface area (Å²) in [5.41, 5.74) is 2.31. The molecule has 6 nitrogen and oxygen atoms in total. The molecule has 1 aliphatic rings. The van der Waals surface area contributed by atoms with Gasteiger partial charge in [0.25, 0.3) is 5.91 Å². The zero-order valence-electron chi connectivity index (χ0n) is 15.0. The van der Waals surface area contributed by atoms with Gasteiger partial charge < -0.3 is 10.2 Å². The largest absolute Gasteiger partial charge is 0.354 e. The van der Waals surface area contributed by atoms with E-state index in [1.807, 2.05) is 24.3 Å². The van der Waals surface area contributed by atoms with Crippen molar-refractivity contribution >= 4 is 11.7 Å². The van der Waals surface area contributed by atoms with E-state index in [0.29, 0.717) is 29.5 Å². The van der Waals surface area contributed by atoms with Gasteiger partial charge in [-0.05, 0) is 42.9 Å². The summed E-state index contributed by atoms with van der Waals surface area (Å²) in [7, 11) is 0. The number of hydrogen-bond donors (Lipinski definition) is 1. The summed E-state index contributed by atoms with van der Waals surface area (Å²) in [6, 6.07) is 9.87. The summed E-state index contributed by atoms with van der Waals surface area (Å²) < 4.78 is 0. The first-order chi connectivity index (χ1) is 12.7. The van der Waals surface area contributed by atoms with E-state index < -0.39 is 0 Å². The number of carbonyl (C=O) groups is 1. The number of carbonyl (C=O) groups excluding carboxylic acids is 1. The third-order valence-corrected chi connectivity index (χ3v) is 4.87. The lowest BCUT2D eigenvalue weighted by Gasteiger charge is -2.32. The van der Waals surface area contributed by atoms with Gasteiger partial charge in [-0.25, -0.2) is 9.97 Å². The van der Waals surface area contributed by atoms with E-state index in [0.717, 1.165) is 32.4 Å². The lowest BCUT2D eigenvalue weighted by molar-refractivity contribution is 0.0945. The van der Waals surface area contributed by atoms with E-state index >= 15 is 0 Å². The molecular formula is C20H23N5O. The van der Waals surface area contributed by atoms with Crippen LogP contribution in [0.1, 0.15) is 41.4 Å². The van der Waals surface area contributed by atoms with Crippen LogP contribution in [0.25, 0.3) is 0 Å². The van der Waals surface area contributed by atoms with Gasteiger partial charge in [0.1, 0.15) is 6.07 Å². The van der Waals surface area contributed by atoms with Crippen molar-refractivity contribution < 1.29 is 4.79 Å². The van der Waals surface area contributed by atoms with Crippen molar-refractivity contribution in [1.29, 1.82) is 5.26 Å². The molecule has 0 aliphatic carbocycles. The predicted molar refractivity (Wildman–Crippen MR) is 99.8 cm³/mol. The van der Waals surface area contributed by atoms with Crippen LogP contribution in [0.3, 0.4) is 0 Å². The first-order valence-electron chi connectivity index (χ1n) is 9.04. The minimum absolute atomic E-state index is 0.0178. The van der Waals surface area contributed by atoms with E-state index in [9.17, 15) is 4.79 Å². The van der Waals surface area contributed by atoms with Crippen LogP contribution in [-0.2, 0) is 6.42 Å². The van der Waals surface area contributed by atoms with Crippen molar-refractivity contribution in [2.75, 3.05) is 24.5 Å². The SMILES string of the molecule is CCc1ccc(C(=O)NCC2CCN(c3nccnc3C#N)CC2)cc1. The molecule has 1 saturated heterocycles. The number of nitriles is 1. The molecule has 1 N–H and O–H groups in total. The number of hydrogen-bond acceptors (Lipinski definition) is 5. The highest BCUT2D eigenvalue weighted by Gasteiger charge is 2.22. The number of aromatic nitrogens is 2. The highest BCUT2D eigenvalue weighted by molar-refractivity contribution is 5.94. The molecule has 1 aromatic carbocycles. The second kappa shape index (κ2) is 8.43. The highest BCUT2D eigenvalue weighted by atomic mass is 16.1. The Kier molecular flexibility index (Phi) is 5.80. The number of piperidine rings is 1. The summed E-state index contributed by atoms with van der Waals surface area (Å²) >= 11 is 0. The number of amides is 1. The molecule has 1 fully saturated rings. The normalized spacial score (nSPS) is 14.7. The van der Waals surface area contributed by atoms with Crippen molar-refractivity contribution in [3.63, 3.8) is 0 Å². The lowest BCUT2D eigenvalue weighted by atomic mass is 9.96. The summed E-state index contributed by atoms with van der Waals surface area (Å²) in [6.07, 6.45) is 6.04. The molecule has 134 valence electrons. The van der Waals surface area contributed by atoms with Crippen molar-refractivity contribution in [2.24, 2.45) is 5.92 Å². The van der Waals surface area contributed by atoms with E-state index in [-0.39, 0.29) is 5.91 Å². The third-order valence-electron chi connectivity index (χ3n) is 4.87. The first kappa shape index (κ1) is 17.9. The Bertz CT molecular complexity index is 789. The molecule has 0 radical (unpaired) electrons. The minimum atomic E-state index is -0.0178. The van der Waals surface area contributed by atoms with E-state index in [1.165, 1.54) is 11.8 Å². The molecule has 1 aromatic heterocycles. The zero-order chi connectivity index (χ0) is 18.4. The molecule has 1 aliphatic heterocycles. The van der Waals surface area contributed by atoms with Crippen molar-refractivity contribution in [3.8, 4) is 6.07 Å². The maximum absolute atomic E-state index is 12.3.